The number of H-pyrrole nitrogens is 1. The summed E-state index contributed by atoms with van der Waals surface area (Å²) in [4.78, 5) is 3.29. The third-order valence-corrected chi connectivity index (χ3v) is 3.23. The molecule has 0 amide bonds. The number of para-hydroxylation sites is 1. The van der Waals surface area contributed by atoms with Crippen LogP contribution in [-0.4, -0.2) is 11.0 Å². The highest BCUT2D eigenvalue weighted by Crippen LogP contribution is 2.24. The van der Waals surface area contributed by atoms with Crippen LogP contribution in [0, 0.1) is 5.41 Å². The van der Waals surface area contributed by atoms with Crippen molar-refractivity contribution < 1.29 is 0 Å². The summed E-state index contributed by atoms with van der Waals surface area (Å²) in [7, 11) is 0. The number of fused-ring (bicyclic) bond motifs is 1. The summed E-state index contributed by atoms with van der Waals surface area (Å²) in [5.74, 6) is 0. The zero-order chi connectivity index (χ0) is 11.8. The van der Waals surface area contributed by atoms with Crippen LogP contribution in [-0.2, 0) is 6.42 Å². The molecule has 1 aromatic carbocycles. The van der Waals surface area contributed by atoms with E-state index in [1.165, 1.54) is 16.5 Å². The van der Waals surface area contributed by atoms with Crippen LogP contribution in [0.3, 0.4) is 0 Å². The number of aromatic nitrogens is 1. The molecule has 2 nitrogen and oxygen atoms in total. The van der Waals surface area contributed by atoms with Crippen LogP contribution in [0.15, 0.2) is 30.5 Å². The quantitative estimate of drug-likeness (QED) is 0.796. The van der Waals surface area contributed by atoms with Crippen LogP contribution in [0.25, 0.3) is 10.9 Å². The van der Waals surface area contributed by atoms with Crippen molar-refractivity contribution in [2.24, 2.45) is 11.1 Å². The molecule has 1 atom stereocenters. The second-order valence-electron chi connectivity index (χ2n) is 5.54. The number of hydrogen-bond acceptors (Lipinski definition) is 1. The molecule has 0 unspecified atom stereocenters. The SMILES string of the molecule is CC(C)(C)[C@@H](N)Cc1c[nH]c2ccccc12. The first-order valence-electron chi connectivity index (χ1n) is 5.79. The van der Waals surface area contributed by atoms with Gasteiger partial charge in [-0.2, -0.15) is 0 Å². The van der Waals surface area contributed by atoms with Crippen molar-refractivity contribution >= 4 is 10.9 Å². The van der Waals surface area contributed by atoms with E-state index >= 15 is 0 Å². The van der Waals surface area contributed by atoms with Gasteiger partial charge in [-0.3, -0.25) is 0 Å². The van der Waals surface area contributed by atoms with Gasteiger partial charge in [-0.15, -0.1) is 0 Å². The van der Waals surface area contributed by atoms with Gasteiger partial charge >= 0.3 is 0 Å². The van der Waals surface area contributed by atoms with Crippen molar-refractivity contribution in [3.8, 4) is 0 Å². The Bertz CT molecular complexity index is 477. The average molecular weight is 216 g/mol. The Balaban J connectivity index is 2.28. The van der Waals surface area contributed by atoms with E-state index in [0.29, 0.717) is 0 Å². The zero-order valence-corrected chi connectivity index (χ0v) is 10.2. The number of benzene rings is 1. The van der Waals surface area contributed by atoms with Crippen molar-refractivity contribution in [3.63, 3.8) is 0 Å². The van der Waals surface area contributed by atoms with Gasteiger partial charge in [-0.1, -0.05) is 39.0 Å². The molecule has 0 radical (unpaired) electrons. The molecule has 0 fully saturated rings. The van der Waals surface area contributed by atoms with Gasteiger partial charge in [-0.05, 0) is 23.5 Å². The minimum atomic E-state index is 0.151. The van der Waals surface area contributed by atoms with Crippen LogP contribution in [0.4, 0.5) is 0 Å². The molecule has 86 valence electrons. The molecule has 1 aromatic heterocycles. The van der Waals surface area contributed by atoms with Gasteiger partial charge in [0.25, 0.3) is 0 Å². The van der Waals surface area contributed by atoms with Crippen molar-refractivity contribution in [1.29, 1.82) is 0 Å². The maximum absolute atomic E-state index is 6.22. The topological polar surface area (TPSA) is 41.8 Å². The smallest absolute Gasteiger partial charge is 0.0456 e. The first kappa shape index (κ1) is 11.2. The minimum Gasteiger partial charge on any atom is -0.361 e. The standard InChI is InChI=1S/C14H20N2/c1-14(2,3)13(15)8-10-9-16-12-7-5-4-6-11(10)12/h4-7,9,13,16H,8,15H2,1-3H3/t13-/m0/s1. The van der Waals surface area contributed by atoms with Gasteiger partial charge < -0.3 is 10.7 Å². The predicted molar refractivity (Wildman–Crippen MR) is 69.4 cm³/mol. The molecule has 0 saturated carbocycles. The third kappa shape index (κ3) is 2.12. The molecule has 0 aliphatic carbocycles. The van der Waals surface area contributed by atoms with Gasteiger partial charge in [0, 0.05) is 23.1 Å². The summed E-state index contributed by atoms with van der Waals surface area (Å²) < 4.78 is 0. The first-order chi connectivity index (χ1) is 7.48. The summed E-state index contributed by atoms with van der Waals surface area (Å²) in [6.07, 6.45) is 3.00. The Hall–Kier alpha value is -1.28. The third-order valence-electron chi connectivity index (χ3n) is 3.23. The van der Waals surface area contributed by atoms with E-state index in [4.69, 9.17) is 5.73 Å². The normalized spacial score (nSPS) is 14.2. The molecule has 1 heterocycles. The zero-order valence-electron chi connectivity index (χ0n) is 10.2. The molecule has 16 heavy (non-hydrogen) atoms. The number of hydrogen-bond donors (Lipinski definition) is 2. The minimum absolute atomic E-state index is 0.151. The van der Waals surface area contributed by atoms with Crippen LogP contribution >= 0.6 is 0 Å². The summed E-state index contributed by atoms with van der Waals surface area (Å²) in [6.45, 7) is 6.56. The summed E-state index contributed by atoms with van der Waals surface area (Å²) >= 11 is 0. The van der Waals surface area contributed by atoms with E-state index < -0.39 is 0 Å². The fraction of sp³-hybridized carbons (Fsp3) is 0.429. The lowest BCUT2D eigenvalue weighted by atomic mass is 9.84. The molecule has 0 saturated heterocycles. The van der Waals surface area contributed by atoms with Crippen molar-refractivity contribution in [3.05, 3.63) is 36.0 Å². The van der Waals surface area contributed by atoms with Crippen LogP contribution in [0.5, 0.6) is 0 Å². The van der Waals surface area contributed by atoms with E-state index in [2.05, 4.69) is 50.2 Å². The van der Waals surface area contributed by atoms with Gasteiger partial charge in [0.15, 0.2) is 0 Å². The molecule has 2 heteroatoms. The fourth-order valence-corrected chi connectivity index (χ4v) is 1.84. The van der Waals surface area contributed by atoms with E-state index in [0.717, 1.165) is 6.42 Å². The molecule has 2 aromatic rings. The van der Waals surface area contributed by atoms with E-state index in [1.54, 1.807) is 0 Å². The van der Waals surface area contributed by atoms with Crippen LogP contribution in [0.1, 0.15) is 26.3 Å². The molecular weight excluding hydrogens is 196 g/mol. The van der Waals surface area contributed by atoms with E-state index in [9.17, 15) is 0 Å². The molecule has 3 N–H and O–H groups in total. The average Bonchev–Trinajstić information content (AvgIpc) is 2.61. The van der Waals surface area contributed by atoms with Gasteiger partial charge in [0.05, 0.1) is 0 Å². The molecule has 0 aliphatic heterocycles. The molecule has 2 rings (SSSR count). The highest BCUT2D eigenvalue weighted by atomic mass is 14.7. The molecular formula is C14H20N2. The molecule has 0 spiro atoms. The van der Waals surface area contributed by atoms with E-state index in [1.807, 2.05) is 6.07 Å². The second-order valence-corrected chi connectivity index (χ2v) is 5.54. The first-order valence-corrected chi connectivity index (χ1v) is 5.79. The Morgan fingerprint density at radius 2 is 1.94 bits per heavy atom. The van der Waals surface area contributed by atoms with Crippen molar-refractivity contribution in [2.45, 2.75) is 33.2 Å². The number of rotatable bonds is 2. The maximum Gasteiger partial charge on any atom is 0.0456 e. The lowest BCUT2D eigenvalue weighted by molar-refractivity contribution is 0.319. The number of aromatic amines is 1. The van der Waals surface area contributed by atoms with Crippen molar-refractivity contribution in [1.82, 2.24) is 4.98 Å². The Labute approximate surface area is 96.9 Å². The maximum atomic E-state index is 6.22. The summed E-state index contributed by atoms with van der Waals surface area (Å²) in [5.41, 5.74) is 8.88. The monoisotopic (exact) mass is 216 g/mol. The molecule has 0 bridgehead atoms. The predicted octanol–water partition coefficient (Wildman–Crippen LogP) is 3.08. The summed E-state index contributed by atoms with van der Waals surface area (Å²) in [5, 5.41) is 1.29. The Morgan fingerprint density at radius 1 is 1.25 bits per heavy atom. The summed E-state index contributed by atoms with van der Waals surface area (Å²) in [6, 6.07) is 8.55. The van der Waals surface area contributed by atoms with Gasteiger partial charge in [-0.25, -0.2) is 0 Å². The fourth-order valence-electron chi connectivity index (χ4n) is 1.84. The van der Waals surface area contributed by atoms with Crippen molar-refractivity contribution in [2.75, 3.05) is 0 Å². The number of nitrogens with one attached hydrogen (secondary N) is 1. The van der Waals surface area contributed by atoms with E-state index in [-0.39, 0.29) is 11.5 Å². The van der Waals surface area contributed by atoms with Crippen LogP contribution < -0.4 is 5.73 Å². The highest BCUT2D eigenvalue weighted by molar-refractivity contribution is 5.83. The lowest BCUT2D eigenvalue weighted by Gasteiger charge is -2.26. The largest absolute Gasteiger partial charge is 0.361 e. The number of nitrogens with two attached hydrogens (primary N) is 1. The Kier molecular flexibility index (Phi) is 2.76. The Morgan fingerprint density at radius 3 is 2.62 bits per heavy atom. The van der Waals surface area contributed by atoms with Crippen LogP contribution in [0.2, 0.25) is 0 Å². The second kappa shape index (κ2) is 3.95. The lowest BCUT2D eigenvalue weighted by Crippen LogP contribution is -2.36. The van der Waals surface area contributed by atoms with Gasteiger partial charge in [0.1, 0.15) is 0 Å². The highest BCUT2D eigenvalue weighted by Gasteiger charge is 2.21. The van der Waals surface area contributed by atoms with Gasteiger partial charge in [0.2, 0.25) is 0 Å². The molecule has 0 aliphatic rings.